The van der Waals surface area contributed by atoms with E-state index in [1.165, 1.54) is 0 Å². The lowest BCUT2D eigenvalue weighted by molar-refractivity contribution is 0.102. The normalized spacial score (nSPS) is 14.0. The second-order valence-corrected chi connectivity index (χ2v) is 5.68. The van der Waals surface area contributed by atoms with Crippen molar-refractivity contribution in [2.24, 2.45) is 0 Å². The minimum absolute atomic E-state index is 0.184. The third kappa shape index (κ3) is 2.63. The van der Waals surface area contributed by atoms with Crippen LogP contribution in [0.15, 0.2) is 36.5 Å². The van der Waals surface area contributed by atoms with Crippen molar-refractivity contribution in [3.8, 4) is 5.75 Å². The number of rotatable bonds is 4. The van der Waals surface area contributed by atoms with Crippen LogP contribution in [0, 0.1) is 0 Å². The Morgan fingerprint density at radius 3 is 2.87 bits per heavy atom. The van der Waals surface area contributed by atoms with Crippen LogP contribution in [-0.4, -0.2) is 28.2 Å². The number of methoxy groups -OCH3 is 1. The summed E-state index contributed by atoms with van der Waals surface area (Å²) in [5.41, 5.74) is 2.40. The van der Waals surface area contributed by atoms with Gasteiger partial charge in [-0.2, -0.15) is 5.10 Å². The number of hydrogen-bond acceptors (Lipinski definition) is 4. The summed E-state index contributed by atoms with van der Waals surface area (Å²) < 4.78 is 5.28. The molecule has 2 N–H and O–H groups in total. The van der Waals surface area contributed by atoms with E-state index in [-0.39, 0.29) is 5.91 Å². The van der Waals surface area contributed by atoms with Gasteiger partial charge in [0.2, 0.25) is 0 Å². The SMILES string of the molecule is COc1ccc2nc(C3CC3)cc(C(=O)Nc3ccn[nH]3)c2c1. The highest BCUT2D eigenvalue weighted by Gasteiger charge is 2.27. The number of nitrogens with zero attached hydrogens (tertiary/aromatic N) is 2. The highest BCUT2D eigenvalue weighted by atomic mass is 16.5. The third-order valence-corrected chi connectivity index (χ3v) is 4.02. The summed E-state index contributed by atoms with van der Waals surface area (Å²) in [7, 11) is 1.61. The first kappa shape index (κ1) is 13.8. The molecule has 23 heavy (non-hydrogen) atoms. The maximum Gasteiger partial charge on any atom is 0.257 e. The van der Waals surface area contributed by atoms with Crippen LogP contribution >= 0.6 is 0 Å². The molecule has 1 aliphatic carbocycles. The minimum Gasteiger partial charge on any atom is -0.497 e. The van der Waals surface area contributed by atoms with E-state index >= 15 is 0 Å². The number of nitrogens with one attached hydrogen (secondary N) is 2. The molecular formula is C17H16N4O2. The quantitative estimate of drug-likeness (QED) is 0.776. The first-order chi connectivity index (χ1) is 11.2. The molecule has 0 atom stereocenters. The molecule has 0 saturated heterocycles. The molecule has 0 unspecified atom stereocenters. The third-order valence-electron chi connectivity index (χ3n) is 4.02. The molecule has 1 aliphatic rings. The standard InChI is InChI=1S/C17H16N4O2/c1-23-11-4-5-14-12(8-11)13(9-15(19-14)10-2-3-10)17(22)20-16-6-7-18-21-16/h4-10H,2-3H2,1H3,(H2,18,20,21,22). The fourth-order valence-electron chi connectivity index (χ4n) is 2.64. The monoisotopic (exact) mass is 308 g/mol. The van der Waals surface area contributed by atoms with Crippen LogP contribution in [0.1, 0.15) is 34.8 Å². The molecule has 6 nitrogen and oxygen atoms in total. The Labute approximate surface area is 132 Å². The molecule has 0 aliphatic heterocycles. The summed E-state index contributed by atoms with van der Waals surface area (Å²) in [5, 5.41) is 10.2. The lowest BCUT2D eigenvalue weighted by Crippen LogP contribution is -2.13. The molecule has 2 heterocycles. The second kappa shape index (κ2) is 5.39. The molecule has 4 rings (SSSR count). The molecule has 0 radical (unpaired) electrons. The van der Waals surface area contributed by atoms with Crippen LogP contribution in [0.3, 0.4) is 0 Å². The van der Waals surface area contributed by atoms with Crippen LogP contribution in [0.4, 0.5) is 5.82 Å². The van der Waals surface area contributed by atoms with Crippen LogP contribution in [0.25, 0.3) is 10.9 Å². The number of hydrogen-bond donors (Lipinski definition) is 2. The number of amides is 1. The van der Waals surface area contributed by atoms with Crippen molar-refractivity contribution in [1.82, 2.24) is 15.2 Å². The van der Waals surface area contributed by atoms with Gasteiger partial charge in [0, 0.05) is 23.1 Å². The van der Waals surface area contributed by atoms with Gasteiger partial charge in [0.15, 0.2) is 0 Å². The molecule has 3 aromatic rings. The first-order valence-electron chi connectivity index (χ1n) is 7.54. The molecule has 116 valence electrons. The number of carbonyl (C=O) groups excluding carboxylic acids is 1. The molecule has 1 amide bonds. The van der Waals surface area contributed by atoms with E-state index in [4.69, 9.17) is 9.72 Å². The molecule has 0 bridgehead atoms. The second-order valence-electron chi connectivity index (χ2n) is 5.68. The van der Waals surface area contributed by atoms with Gasteiger partial charge in [-0.05, 0) is 37.1 Å². The van der Waals surface area contributed by atoms with Crippen molar-refractivity contribution in [2.75, 3.05) is 12.4 Å². The first-order valence-corrected chi connectivity index (χ1v) is 7.54. The summed E-state index contributed by atoms with van der Waals surface area (Å²) in [6, 6.07) is 9.21. The maximum atomic E-state index is 12.7. The molecule has 1 aromatic carbocycles. The Balaban J connectivity index is 1.82. The number of carbonyl (C=O) groups is 1. The fourth-order valence-corrected chi connectivity index (χ4v) is 2.64. The van der Waals surface area contributed by atoms with Crippen molar-refractivity contribution in [3.05, 3.63) is 47.8 Å². The number of ether oxygens (including phenoxy) is 1. The average Bonchev–Trinajstić information content (AvgIpc) is 3.31. The zero-order valence-corrected chi connectivity index (χ0v) is 12.7. The molecular weight excluding hydrogens is 292 g/mol. The van der Waals surface area contributed by atoms with Crippen molar-refractivity contribution in [2.45, 2.75) is 18.8 Å². The number of anilines is 1. The number of pyridine rings is 1. The van der Waals surface area contributed by atoms with Gasteiger partial charge in [-0.1, -0.05) is 0 Å². The Morgan fingerprint density at radius 1 is 1.30 bits per heavy atom. The van der Waals surface area contributed by atoms with E-state index in [9.17, 15) is 4.79 Å². The Kier molecular flexibility index (Phi) is 3.22. The molecule has 0 spiro atoms. The Hall–Kier alpha value is -2.89. The number of H-pyrrole nitrogens is 1. The maximum absolute atomic E-state index is 12.7. The summed E-state index contributed by atoms with van der Waals surface area (Å²) in [6.45, 7) is 0. The zero-order valence-electron chi connectivity index (χ0n) is 12.7. The average molecular weight is 308 g/mol. The van der Waals surface area contributed by atoms with Gasteiger partial charge in [0.1, 0.15) is 11.6 Å². The molecule has 1 saturated carbocycles. The molecule has 2 aromatic heterocycles. The predicted molar refractivity (Wildman–Crippen MR) is 86.8 cm³/mol. The van der Waals surface area contributed by atoms with Gasteiger partial charge in [-0.15, -0.1) is 0 Å². The van der Waals surface area contributed by atoms with E-state index < -0.39 is 0 Å². The van der Waals surface area contributed by atoms with Gasteiger partial charge in [0.05, 0.1) is 24.4 Å². The summed E-state index contributed by atoms with van der Waals surface area (Å²) in [6.07, 6.45) is 3.87. The van der Waals surface area contributed by atoms with Gasteiger partial charge >= 0.3 is 0 Å². The van der Waals surface area contributed by atoms with E-state index in [1.54, 1.807) is 19.4 Å². The summed E-state index contributed by atoms with van der Waals surface area (Å²) in [5.74, 6) is 1.56. The van der Waals surface area contributed by atoms with Gasteiger partial charge in [-0.25, -0.2) is 0 Å². The van der Waals surface area contributed by atoms with Crippen molar-refractivity contribution < 1.29 is 9.53 Å². The van der Waals surface area contributed by atoms with E-state index in [1.807, 2.05) is 24.3 Å². The minimum atomic E-state index is -0.184. The lowest BCUT2D eigenvalue weighted by Gasteiger charge is -2.10. The highest BCUT2D eigenvalue weighted by Crippen LogP contribution is 2.40. The Bertz CT molecular complexity index is 870. The lowest BCUT2D eigenvalue weighted by atomic mass is 10.0. The van der Waals surface area contributed by atoms with Crippen LogP contribution in [-0.2, 0) is 0 Å². The predicted octanol–water partition coefficient (Wildman–Crippen LogP) is 3.10. The number of aromatic nitrogens is 3. The highest BCUT2D eigenvalue weighted by molar-refractivity contribution is 6.12. The van der Waals surface area contributed by atoms with Gasteiger partial charge < -0.3 is 10.1 Å². The topological polar surface area (TPSA) is 79.9 Å². The molecule has 1 fully saturated rings. The van der Waals surface area contributed by atoms with E-state index in [2.05, 4.69) is 15.5 Å². The smallest absolute Gasteiger partial charge is 0.257 e. The van der Waals surface area contributed by atoms with E-state index in [0.717, 1.165) is 29.4 Å². The fraction of sp³-hybridized carbons (Fsp3) is 0.235. The number of aromatic amines is 1. The summed E-state index contributed by atoms with van der Waals surface area (Å²) >= 11 is 0. The zero-order chi connectivity index (χ0) is 15.8. The van der Waals surface area contributed by atoms with Crippen LogP contribution < -0.4 is 10.1 Å². The number of fused-ring (bicyclic) bond motifs is 1. The summed E-state index contributed by atoms with van der Waals surface area (Å²) in [4.78, 5) is 17.4. The van der Waals surface area contributed by atoms with Crippen molar-refractivity contribution in [1.29, 1.82) is 0 Å². The van der Waals surface area contributed by atoms with Gasteiger partial charge in [0.25, 0.3) is 5.91 Å². The largest absolute Gasteiger partial charge is 0.497 e. The van der Waals surface area contributed by atoms with Crippen LogP contribution in [0.5, 0.6) is 5.75 Å². The Morgan fingerprint density at radius 2 is 2.17 bits per heavy atom. The van der Waals surface area contributed by atoms with Crippen molar-refractivity contribution >= 4 is 22.6 Å². The number of benzene rings is 1. The van der Waals surface area contributed by atoms with Gasteiger partial charge in [-0.3, -0.25) is 14.9 Å². The molecule has 6 heteroatoms. The van der Waals surface area contributed by atoms with Crippen molar-refractivity contribution in [3.63, 3.8) is 0 Å². The van der Waals surface area contributed by atoms with Crippen LogP contribution in [0.2, 0.25) is 0 Å². The van der Waals surface area contributed by atoms with E-state index in [0.29, 0.717) is 23.0 Å².